The number of carbonyl (C=O) groups is 1. The zero-order valence-corrected chi connectivity index (χ0v) is 20.9. The number of pyridine rings is 1. The van der Waals surface area contributed by atoms with Crippen molar-refractivity contribution in [1.29, 1.82) is 0 Å². The van der Waals surface area contributed by atoms with Crippen molar-refractivity contribution < 1.29 is 9.53 Å². The molecule has 6 heterocycles. The first-order chi connectivity index (χ1) is 18.1. The monoisotopic (exact) mass is 501 g/mol. The quantitative estimate of drug-likeness (QED) is 0.440. The second-order valence-electron chi connectivity index (χ2n) is 10.8. The predicted molar refractivity (Wildman–Crippen MR) is 141 cm³/mol. The third-order valence-electron chi connectivity index (χ3n) is 8.37. The summed E-state index contributed by atoms with van der Waals surface area (Å²) in [6.07, 6.45) is 3.41. The first-order valence-electron chi connectivity index (χ1n) is 13.2. The molecule has 4 aromatic rings. The van der Waals surface area contributed by atoms with Gasteiger partial charge in [-0.15, -0.1) is 0 Å². The molecule has 2 unspecified atom stereocenters. The molecule has 0 saturated carbocycles. The minimum Gasteiger partial charge on any atom is -0.381 e. The smallest absolute Gasteiger partial charge is 0.259 e. The number of nitrogens with zero attached hydrogens (tertiary/aromatic N) is 5. The molecule has 0 radical (unpaired) electrons. The van der Waals surface area contributed by atoms with Gasteiger partial charge in [0.15, 0.2) is 5.65 Å². The fraction of sp³-hybridized carbons (Fsp3) is 0.481. The third-order valence-corrected chi connectivity index (χ3v) is 8.37. The van der Waals surface area contributed by atoms with Gasteiger partial charge in [0.2, 0.25) is 11.4 Å². The molecule has 0 bridgehead atoms. The molecule has 2 N–H and O–H groups in total. The van der Waals surface area contributed by atoms with Gasteiger partial charge in [-0.3, -0.25) is 14.0 Å². The summed E-state index contributed by atoms with van der Waals surface area (Å²) >= 11 is 0. The largest absolute Gasteiger partial charge is 0.381 e. The summed E-state index contributed by atoms with van der Waals surface area (Å²) in [7, 11) is 2.17. The van der Waals surface area contributed by atoms with Crippen LogP contribution in [0.5, 0.6) is 0 Å². The van der Waals surface area contributed by atoms with Crippen LogP contribution in [0.15, 0.2) is 35.3 Å². The van der Waals surface area contributed by atoms with Crippen LogP contribution < -0.4 is 15.6 Å². The number of likely N-dealkylation sites (tertiary alicyclic amines) is 1. The average Bonchev–Trinajstić information content (AvgIpc) is 3.59. The van der Waals surface area contributed by atoms with E-state index in [1.807, 2.05) is 28.7 Å². The number of benzene rings is 1. The summed E-state index contributed by atoms with van der Waals surface area (Å²) in [6.45, 7) is 5.95. The molecular formula is C27H31N7O3. The number of imidazole rings is 1. The number of hydrogen-bond acceptors (Lipinski definition) is 7. The molecule has 10 heteroatoms. The summed E-state index contributed by atoms with van der Waals surface area (Å²) < 4.78 is 7.34. The van der Waals surface area contributed by atoms with E-state index in [9.17, 15) is 9.59 Å². The molecule has 2 atom stereocenters. The molecule has 7 rings (SSSR count). The molecule has 3 fully saturated rings. The number of fused-ring (bicyclic) bond motifs is 6. The van der Waals surface area contributed by atoms with Gasteiger partial charge >= 0.3 is 0 Å². The fourth-order valence-electron chi connectivity index (χ4n) is 6.44. The minimum absolute atomic E-state index is 0.103. The van der Waals surface area contributed by atoms with Crippen molar-refractivity contribution in [3.63, 3.8) is 0 Å². The highest BCUT2D eigenvalue weighted by Crippen LogP contribution is 2.32. The van der Waals surface area contributed by atoms with Crippen LogP contribution in [0.2, 0.25) is 0 Å². The summed E-state index contributed by atoms with van der Waals surface area (Å²) in [5.41, 5.74) is 2.45. The number of amides is 1. The first-order valence-corrected chi connectivity index (χ1v) is 13.2. The van der Waals surface area contributed by atoms with Crippen molar-refractivity contribution in [2.45, 2.75) is 12.8 Å². The highest BCUT2D eigenvalue weighted by Gasteiger charge is 2.39. The van der Waals surface area contributed by atoms with Crippen LogP contribution in [0.4, 0.5) is 5.95 Å². The molecule has 192 valence electrons. The van der Waals surface area contributed by atoms with E-state index in [1.54, 1.807) is 6.20 Å². The van der Waals surface area contributed by atoms with Crippen molar-refractivity contribution in [2.75, 3.05) is 57.9 Å². The Bertz CT molecular complexity index is 1560. The van der Waals surface area contributed by atoms with E-state index in [0.717, 1.165) is 50.1 Å². The number of carbonyl (C=O) groups excluding carboxylic acids is 1. The first kappa shape index (κ1) is 22.7. The number of hydrogen-bond donors (Lipinski definition) is 2. The van der Waals surface area contributed by atoms with Crippen LogP contribution >= 0.6 is 0 Å². The summed E-state index contributed by atoms with van der Waals surface area (Å²) in [6, 6.07) is 7.81. The Hall–Kier alpha value is -3.50. The molecular weight excluding hydrogens is 470 g/mol. The van der Waals surface area contributed by atoms with Crippen LogP contribution in [-0.4, -0.2) is 83.1 Å². The van der Waals surface area contributed by atoms with Crippen LogP contribution in [0, 0.1) is 17.8 Å². The lowest BCUT2D eigenvalue weighted by atomic mass is 10.0. The number of para-hydroxylation sites is 2. The Kier molecular flexibility index (Phi) is 5.40. The molecule has 10 nitrogen and oxygen atoms in total. The van der Waals surface area contributed by atoms with Crippen molar-refractivity contribution >= 4 is 39.6 Å². The van der Waals surface area contributed by atoms with E-state index >= 15 is 0 Å². The van der Waals surface area contributed by atoms with Crippen LogP contribution in [0.25, 0.3) is 27.7 Å². The van der Waals surface area contributed by atoms with Gasteiger partial charge in [0.05, 0.1) is 16.4 Å². The van der Waals surface area contributed by atoms with Gasteiger partial charge < -0.3 is 24.8 Å². The van der Waals surface area contributed by atoms with Gasteiger partial charge in [-0.2, -0.15) is 4.98 Å². The Labute approximate surface area is 213 Å². The lowest BCUT2D eigenvalue weighted by molar-refractivity contribution is 0.0643. The van der Waals surface area contributed by atoms with Crippen molar-refractivity contribution in [3.05, 3.63) is 46.2 Å². The van der Waals surface area contributed by atoms with E-state index in [1.165, 1.54) is 0 Å². The lowest BCUT2D eigenvalue weighted by Crippen LogP contribution is -2.35. The highest BCUT2D eigenvalue weighted by atomic mass is 16.5. The molecule has 3 aliphatic heterocycles. The molecule has 1 amide bonds. The number of aromatic amines is 1. The maximum Gasteiger partial charge on any atom is 0.259 e. The lowest BCUT2D eigenvalue weighted by Gasteiger charge is -2.22. The molecule has 1 aromatic carbocycles. The minimum atomic E-state index is -0.372. The molecule has 3 aromatic heterocycles. The number of ether oxygens (including phenoxy) is 1. The van der Waals surface area contributed by atoms with Gasteiger partial charge in [-0.25, -0.2) is 4.98 Å². The summed E-state index contributed by atoms with van der Waals surface area (Å²) in [5, 5.41) is 3.36. The SMILES string of the molecule is CN1CC2CN(c3ncc4c(=O)c(C(=O)NCC5CCOCC5)c5[nH]c6ccccc6n5c4n3)CC2C1. The molecule has 3 aliphatic rings. The van der Waals surface area contributed by atoms with E-state index in [-0.39, 0.29) is 16.9 Å². The Morgan fingerprint density at radius 1 is 1.14 bits per heavy atom. The molecule has 37 heavy (non-hydrogen) atoms. The summed E-state index contributed by atoms with van der Waals surface area (Å²) in [5.74, 6) is 1.84. The van der Waals surface area contributed by atoms with E-state index < -0.39 is 0 Å². The van der Waals surface area contributed by atoms with Crippen molar-refractivity contribution in [2.24, 2.45) is 17.8 Å². The highest BCUT2D eigenvalue weighted by molar-refractivity contribution is 6.05. The van der Waals surface area contributed by atoms with Gasteiger partial charge in [-0.1, -0.05) is 12.1 Å². The molecule has 0 aliphatic carbocycles. The van der Waals surface area contributed by atoms with Gasteiger partial charge in [-0.05, 0) is 49.8 Å². The van der Waals surface area contributed by atoms with Gasteiger partial charge in [0, 0.05) is 52.1 Å². The van der Waals surface area contributed by atoms with Crippen LogP contribution in [-0.2, 0) is 4.74 Å². The predicted octanol–water partition coefficient (Wildman–Crippen LogP) is 1.88. The third kappa shape index (κ3) is 3.77. The van der Waals surface area contributed by atoms with Crippen molar-refractivity contribution in [3.8, 4) is 0 Å². The second-order valence-corrected chi connectivity index (χ2v) is 10.8. The molecule has 3 saturated heterocycles. The van der Waals surface area contributed by atoms with Gasteiger partial charge in [0.1, 0.15) is 11.2 Å². The number of rotatable bonds is 4. The van der Waals surface area contributed by atoms with Crippen LogP contribution in [0.1, 0.15) is 23.2 Å². The number of anilines is 1. The zero-order chi connectivity index (χ0) is 25.1. The van der Waals surface area contributed by atoms with Crippen molar-refractivity contribution in [1.82, 2.24) is 29.6 Å². The maximum absolute atomic E-state index is 13.7. The summed E-state index contributed by atoms with van der Waals surface area (Å²) in [4.78, 5) is 44.7. The normalized spacial score (nSPS) is 22.9. The van der Waals surface area contributed by atoms with E-state index in [0.29, 0.717) is 60.1 Å². The Balaban J connectivity index is 1.32. The van der Waals surface area contributed by atoms with Gasteiger partial charge in [0.25, 0.3) is 5.91 Å². The number of H-pyrrole nitrogens is 1. The average molecular weight is 502 g/mol. The molecule has 0 spiro atoms. The van der Waals surface area contributed by atoms with E-state index in [4.69, 9.17) is 9.72 Å². The maximum atomic E-state index is 13.7. The number of nitrogens with one attached hydrogen (secondary N) is 2. The number of aromatic nitrogens is 4. The van der Waals surface area contributed by atoms with Crippen LogP contribution in [0.3, 0.4) is 0 Å². The van der Waals surface area contributed by atoms with E-state index in [2.05, 4.69) is 32.1 Å². The second kappa shape index (κ2) is 8.81. The Morgan fingerprint density at radius 3 is 2.68 bits per heavy atom. The fourth-order valence-corrected chi connectivity index (χ4v) is 6.44. The standard InChI is InChI=1S/C27H31N7O3/c1-32-12-17-14-33(15-18(17)13-32)27-29-11-19-23(35)22(26(36)28-10-16-6-8-37-9-7-16)25-30-20-4-2-3-5-21(20)34(25)24(19)31-27/h2-5,11,16-18,30H,6-10,12-15H2,1H3,(H,28,36). The zero-order valence-electron chi connectivity index (χ0n) is 20.9. The Morgan fingerprint density at radius 2 is 1.89 bits per heavy atom. The topological polar surface area (TPSA) is 108 Å².